The summed E-state index contributed by atoms with van der Waals surface area (Å²) in [5.41, 5.74) is 0.127. The number of anilines is 1. The minimum absolute atomic E-state index is 0.109. The molecule has 0 saturated heterocycles. The van der Waals surface area contributed by atoms with Gasteiger partial charge in [0.15, 0.2) is 0 Å². The summed E-state index contributed by atoms with van der Waals surface area (Å²) in [6, 6.07) is 7.81. The molecule has 2 aromatic rings. The van der Waals surface area contributed by atoms with E-state index < -0.39 is 22.5 Å². The van der Waals surface area contributed by atoms with Crippen LogP contribution >= 0.6 is 11.6 Å². The topological polar surface area (TPSA) is 55.4 Å². The van der Waals surface area contributed by atoms with E-state index >= 15 is 0 Å². The van der Waals surface area contributed by atoms with Gasteiger partial charge >= 0.3 is 6.61 Å². The van der Waals surface area contributed by atoms with Crippen LogP contribution < -0.4 is 9.46 Å². The summed E-state index contributed by atoms with van der Waals surface area (Å²) in [4.78, 5) is -0.230. The summed E-state index contributed by atoms with van der Waals surface area (Å²) >= 11 is 5.54. The number of ether oxygens (including phenoxy) is 1. The van der Waals surface area contributed by atoms with Gasteiger partial charge in [-0.3, -0.25) is 4.72 Å². The van der Waals surface area contributed by atoms with E-state index in [1.54, 1.807) is 0 Å². The number of sulfonamides is 1. The maximum Gasteiger partial charge on any atom is 0.387 e. The van der Waals surface area contributed by atoms with Crippen molar-refractivity contribution in [3.63, 3.8) is 0 Å². The van der Waals surface area contributed by atoms with Gasteiger partial charge < -0.3 is 4.74 Å². The molecule has 0 aromatic heterocycles. The summed E-state index contributed by atoms with van der Waals surface area (Å²) < 4.78 is 67.6. The normalized spacial score (nSPS) is 11.5. The number of nitrogens with one attached hydrogen (secondary N) is 1. The Balaban J connectivity index is 2.19. The largest absolute Gasteiger partial charge is 0.435 e. The van der Waals surface area contributed by atoms with Gasteiger partial charge in [-0.05, 0) is 42.5 Å². The lowest BCUT2D eigenvalue weighted by Gasteiger charge is -2.10. The first kappa shape index (κ1) is 16.4. The zero-order valence-corrected chi connectivity index (χ0v) is 12.3. The Kier molecular flexibility index (Phi) is 4.82. The van der Waals surface area contributed by atoms with Gasteiger partial charge in [0, 0.05) is 5.69 Å². The molecule has 0 aliphatic rings. The third-order valence-corrected chi connectivity index (χ3v) is 4.20. The molecule has 0 unspecified atom stereocenters. The summed E-state index contributed by atoms with van der Waals surface area (Å²) in [5, 5.41) is -0.330. The minimum Gasteiger partial charge on any atom is -0.435 e. The molecule has 4 nitrogen and oxygen atoms in total. The second-order valence-electron chi connectivity index (χ2n) is 4.08. The molecular formula is C13H9ClF3NO3S. The number of alkyl halides is 2. The van der Waals surface area contributed by atoms with E-state index in [0.717, 1.165) is 18.2 Å². The summed E-state index contributed by atoms with van der Waals surface area (Å²) in [7, 11) is -3.98. The average Bonchev–Trinajstić information content (AvgIpc) is 2.43. The van der Waals surface area contributed by atoms with E-state index in [0.29, 0.717) is 0 Å². The molecule has 0 saturated carbocycles. The molecule has 0 heterocycles. The Morgan fingerprint density at radius 2 is 1.73 bits per heavy atom. The number of halogens is 4. The third-order valence-electron chi connectivity index (χ3n) is 2.53. The van der Waals surface area contributed by atoms with Crippen LogP contribution in [0, 0.1) is 5.82 Å². The molecule has 0 spiro atoms. The van der Waals surface area contributed by atoms with Gasteiger partial charge in [-0.25, -0.2) is 12.8 Å². The highest BCUT2D eigenvalue weighted by atomic mass is 35.5. The lowest BCUT2D eigenvalue weighted by Crippen LogP contribution is -2.13. The van der Waals surface area contributed by atoms with E-state index in [1.807, 2.05) is 0 Å². The van der Waals surface area contributed by atoms with E-state index in [2.05, 4.69) is 9.46 Å². The van der Waals surface area contributed by atoms with Crippen molar-refractivity contribution in [1.29, 1.82) is 0 Å². The molecule has 0 amide bonds. The zero-order valence-electron chi connectivity index (χ0n) is 10.8. The monoisotopic (exact) mass is 351 g/mol. The van der Waals surface area contributed by atoms with Crippen LogP contribution in [-0.2, 0) is 10.0 Å². The maximum absolute atomic E-state index is 13.0. The predicted octanol–water partition coefficient (Wildman–Crippen LogP) is 3.88. The molecule has 0 bridgehead atoms. The molecule has 22 heavy (non-hydrogen) atoms. The highest BCUT2D eigenvalue weighted by Crippen LogP contribution is 2.23. The van der Waals surface area contributed by atoms with Crippen molar-refractivity contribution in [3.8, 4) is 5.75 Å². The number of hydrogen-bond donors (Lipinski definition) is 1. The van der Waals surface area contributed by atoms with Gasteiger partial charge in [-0.1, -0.05) is 11.6 Å². The van der Waals surface area contributed by atoms with Crippen LogP contribution in [0.1, 0.15) is 0 Å². The molecule has 0 aliphatic carbocycles. The highest BCUT2D eigenvalue weighted by Gasteiger charge is 2.16. The van der Waals surface area contributed by atoms with Crippen molar-refractivity contribution < 1.29 is 26.3 Å². The molecule has 1 N–H and O–H groups in total. The zero-order chi connectivity index (χ0) is 16.3. The molecule has 0 aliphatic heterocycles. The van der Waals surface area contributed by atoms with Crippen molar-refractivity contribution in [2.45, 2.75) is 11.5 Å². The fourth-order valence-electron chi connectivity index (χ4n) is 1.56. The Morgan fingerprint density at radius 3 is 2.27 bits per heavy atom. The summed E-state index contributed by atoms with van der Waals surface area (Å²) in [5.74, 6) is -0.850. The Morgan fingerprint density at radius 1 is 1.09 bits per heavy atom. The lowest BCUT2D eigenvalue weighted by atomic mass is 10.3. The molecule has 0 atom stereocenters. The maximum atomic E-state index is 13.0. The smallest absolute Gasteiger partial charge is 0.387 e. The van der Waals surface area contributed by atoms with Crippen LogP contribution in [0.3, 0.4) is 0 Å². The van der Waals surface area contributed by atoms with E-state index in [4.69, 9.17) is 11.6 Å². The number of rotatable bonds is 5. The molecule has 118 valence electrons. The molecule has 0 radical (unpaired) electrons. The summed E-state index contributed by atoms with van der Waals surface area (Å²) in [6.45, 7) is -2.97. The second-order valence-corrected chi connectivity index (χ2v) is 6.17. The third kappa shape index (κ3) is 4.05. The van der Waals surface area contributed by atoms with Crippen LogP contribution in [0.4, 0.5) is 18.9 Å². The molecule has 2 rings (SSSR count). The molecule has 2 aromatic carbocycles. The second kappa shape index (κ2) is 6.45. The Hall–Kier alpha value is -1.93. The van der Waals surface area contributed by atoms with Gasteiger partial charge in [0.05, 0.1) is 9.92 Å². The van der Waals surface area contributed by atoms with Gasteiger partial charge in [0.2, 0.25) is 0 Å². The molecular weight excluding hydrogens is 343 g/mol. The van der Waals surface area contributed by atoms with Gasteiger partial charge in [-0.15, -0.1) is 0 Å². The standard InChI is InChI=1S/C13H9ClF3NO3S/c14-11-7-10(5-6-12(11)15)22(19,20)18-8-1-3-9(4-2-8)21-13(16)17/h1-7,13,18H. The van der Waals surface area contributed by atoms with Crippen molar-refractivity contribution >= 4 is 27.3 Å². The Bertz CT molecular complexity index is 767. The van der Waals surface area contributed by atoms with Crippen molar-refractivity contribution in [2.75, 3.05) is 4.72 Å². The van der Waals surface area contributed by atoms with Gasteiger partial charge in [0.25, 0.3) is 10.0 Å². The molecule has 0 fully saturated rings. The van der Waals surface area contributed by atoms with E-state index in [9.17, 15) is 21.6 Å². The number of benzene rings is 2. The first-order chi connectivity index (χ1) is 10.3. The number of hydrogen-bond acceptors (Lipinski definition) is 3. The Labute approximate surface area is 129 Å². The first-order valence-electron chi connectivity index (χ1n) is 5.81. The highest BCUT2D eigenvalue weighted by molar-refractivity contribution is 7.92. The van der Waals surface area contributed by atoms with Gasteiger partial charge in [-0.2, -0.15) is 8.78 Å². The van der Waals surface area contributed by atoms with Crippen LogP contribution in [0.5, 0.6) is 5.75 Å². The first-order valence-corrected chi connectivity index (χ1v) is 7.67. The van der Waals surface area contributed by atoms with Crippen LogP contribution in [-0.4, -0.2) is 15.0 Å². The quantitative estimate of drug-likeness (QED) is 0.889. The fourth-order valence-corrected chi connectivity index (χ4v) is 2.89. The van der Waals surface area contributed by atoms with Crippen molar-refractivity contribution in [1.82, 2.24) is 0 Å². The fraction of sp³-hybridized carbons (Fsp3) is 0.0769. The summed E-state index contributed by atoms with van der Waals surface area (Å²) in [6.07, 6.45) is 0. The predicted molar refractivity (Wildman–Crippen MR) is 75.3 cm³/mol. The van der Waals surface area contributed by atoms with Crippen LogP contribution in [0.25, 0.3) is 0 Å². The van der Waals surface area contributed by atoms with E-state index in [-0.39, 0.29) is 21.4 Å². The van der Waals surface area contributed by atoms with Crippen LogP contribution in [0.2, 0.25) is 5.02 Å². The minimum atomic E-state index is -3.98. The molecule has 9 heteroatoms. The van der Waals surface area contributed by atoms with Crippen molar-refractivity contribution in [3.05, 3.63) is 53.3 Å². The lowest BCUT2D eigenvalue weighted by molar-refractivity contribution is -0.0498. The van der Waals surface area contributed by atoms with Gasteiger partial charge in [0.1, 0.15) is 11.6 Å². The SMILES string of the molecule is O=S(=O)(Nc1ccc(OC(F)F)cc1)c1ccc(F)c(Cl)c1. The average molecular weight is 352 g/mol. The van der Waals surface area contributed by atoms with E-state index in [1.165, 1.54) is 24.3 Å². The van der Waals surface area contributed by atoms with Crippen LogP contribution in [0.15, 0.2) is 47.4 Å². The van der Waals surface area contributed by atoms with Crippen molar-refractivity contribution in [2.24, 2.45) is 0 Å².